The standard InChI is InChI=1S/C24H26N4O3S/c1-5-31-22(29)20-16(3)25-23-26-24(32-14-17-8-6-7-15(2)13-17)27-28(23)21(20)18-9-11-19(30-4)12-10-18/h6-13,21H,5,14H2,1-4H3,(H,25,26,27)/t21-/m1/s1. The average Bonchev–Trinajstić information content (AvgIpc) is 3.19. The van der Waals surface area contributed by atoms with Crippen LogP contribution in [0.25, 0.3) is 0 Å². The lowest BCUT2D eigenvalue weighted by atomic mass is 9.96. The summed E-state index contributed by atoms with van der Waals surface area (Å²) in [6.07, 6.45) is 0. The highest BCUT2D eigenvalue weighted by atomic mass is 32.2. The number of nitrogens with zero attached hydrogens (tertiary/aromatic N) is 3. The number of benzene rings is 2. The molecule has 0 fully saturated rings. The molecule has 1 aliphatic rings. The fourth-order valence-corrected chi connectivity index (χ4v) is 4.48. The van der Waals surface area contributed by atoms with E-state index in [-0.39, 0.29) is 5.97 Å². The SMILES string of the molecule is CCOC(=O)C1=C(C)Nc2nc(SCc3cccc(C)c3)nn2[C@@H]1c1ccc(OC)cc1. The number of hydrogen-bond donors (Lipinski definition) is 1. The molecule has 2 aromatic carbocycles. The zero-order valence-corrected chi connectivity index (χ0v) is 19.4. The van der Waals surface area contributed by atoms with Gasteiger partial charge in [0.2, 0.25) is 11.1 Å². The molecular formula is C24H26N4O3S. The Balaban J connectivity index is 1.68. The number of carbonyl (C=O) groups is 1. The fourth-order valence-electron chi connectivity index (χ4n) is 3.71. The maximum Gasteiger partial charge on any atom is 0.338 e. The monoisotopic (exact) mass is 450 g/mol. The highest BCUT2D eigenvalue weighted by Crippen LogP contribution is 2.37. The largest absolute Gasteiger partial charge is 0.497 e. The van der Waals surface area contributed by atoms with E-state index in [4.69, 9.17) is 14.6 Å². The topological polar surface area (TPSA) is 78.3 Å². The summed E-state index contributed by atoms with van der Waals surface area (Å²) in [5, 5.41) is 8.62. The van der Waals surface area contributed by atoms with Crippen molar-refractivity contribution in [3.05, 3.63) is 76.5 Å². The number of carbonyl (C=O) groups excluding carboxylic acids is 1. The van der Waals surface area contributed by atoms with E-state index >= 15 is 0 Å². The highest BCUT2D eigenvalue weighted by molar-refractivity contribution is 7.98. The number of hydrogen-bond acceptors (Lipinski definition) is 7. The number of anilines is 1. The van der Waals surface area contributed by atoms with Gasteiger partial charge in [-0.05, 0) is 44.0 Å². The number of fused-ring (bicyclic) bond motifs is 1. The van der Waals surface area contributed by atoms with Crippen molar-refractivity contribution in [3.8, 4) is 5.75 Å². The number of thioether (sulfide) groups is 1. The first-order valence-corrected chi connectivity index (χ1v) is 11.4. The van der Waals surface area contributed by atoms with Crippen molar-refractivity contribution in [1.29, 1.82) is 0 Å². The van der Waals surface area contributed by atoms with Crippen LogP contribution in [0.1, 0.15) is 36.6 Å². The molecule has 1 atom stereocenters. The fraction of sp³-hybridized carbons (Fsp3) is 0.292. The summed E-state index contributed by atoms with van der Waals surface area (Å²) < 4.78 is 12.4. The van der Waals surface area contributed by atoms with E-state index in [1.807, 2.05) is 31.2 Å². The lowest BCUT2D eigenvalue weighted by molar-refractivity contribution is -0.139. The van der Waals surface area contributed by atoms with Crippen molar-refractivity contribution in [2.45, 2.75) is 37.7 Å². The molecule has 32 heavy (non-hydrogen) atoms. The van der Waals surface area contributed by atoms with Crippen molar-refractivity contribution in [2.75, 3.05) is 19.0 Å². The molecule has 0 aliphatic carbocycles. The quantitative estimate of drug-likeness (QED) is 0.411. The van der Waals surface area contributed by atoms with Crippen LogP contribution in [0.5, 0.6) is 5.75 Å². The molecule has 0 saturated heterocycles. The maximum absolute atomic E-state index is 12.9. The van der Waals surface area contributed by atoms with Crippen LogP contribution >= 0.6 is 11.8 Å². The smallest absolute Gasteiger partial charge is 0.338 e. The van der Waals surface area contributed by atoms with E-state index in [0.29, 0.717) is 29.0 Å². The first kappa shape index (κ1) is 22.0. The Hall–Kier alpha value is -3.26. The van der Waals surface area contributed by atoms with E-state index < -0.39 is 6.04 Å². The van der Waals surface area contributed by atoms with Crippen LogP contribution in [0.4, 0.5) is 5.95 Å². The molecule has 8 heteroatoms. The van der Waals surface area contributed by atoms with Gasteiger partial charge < -0.3 is 14.8 Å². The van der Waals surface area contributed by atoms with E-state index in [1.165, 1.54) is 11.1 Å². The van der Waals surface area contributed by atoms with Crippen molar-refractivity contribution >= 4 is 23.7 Å². The van der Waals surface area contributed by atoms with Gasteiger partial charge in [-0.25, -0.2) is 9.48 Å². The molecule has 1 aromatic heterocycles. The van der Waals surface area contributed by atoms with Crippen molar-refractivity contribution in [1.82, 2.24) is 14.8 Å². The first-order chi connectivity index (χ1) is 15.5. The van der Waals surface area contributed by atoms with E-state index in [0.717, 1.165) is 17.1 Å². The molecule has 2 heterocycles. The van der Waals surface area contributed by atoms with Gasteiger partial charge in [-0.2, -0.15) is 4.98 Å². The second kappa shape index (κ2) is 9.48. The van der Waals surface area contributed by atoms with E-state index in [9.17, 15) is 4.79 Å². The molecule has 0 unspecified atom stereocenters. The third-order valence-electron chi connectivity index (χ3n) is 5.21. The molecule has 166 valence electrons. The Labute approximate surface area is 191 Å². The molecule has 0 amide bonds. The minimum absolute atomic E-state index is 0.298. The Morgan fingerprint density at radius 2 is 1.97 bits per heavy atom. The van der Waals surface area contributed by atoms with Crippen LogP contribution in [0.3, 0.4) is 0 Å². The summed E-state index contributed by atoms with van der Waals surface area (Å²) in [7, 11) is 1.63. The minimum atomic E-state index is -0.447. The van der Waals surface area contributed by atoms with Gasteiger partial charge >= 0.3 is 5.97 Å². The first-order valence-electron chi connectivity index (χ1n) is 10.4. The van der Waals surface area contributed by atoms with E-state index in [1.54, 1.807) is 30.5 Å². The molecule has 3 aromatic rings. The zero-order valence-electron chi connectivity index (χ0n) is 18.6. The number of methoxy groups -OCH3 is 1. The lowest BCUT2D eigenvalue weighted by Gasteiger charge is -2.28. The molecule has 0 radical (unpaired) electrons. The summed E-state index contributed by atoms with van der Waals surface area (Å²) >= 11 is 1.56. The van der Waals surface area contributed by atoms with Gasteiger partial charge in [0, 0.05) is 11.4 Å². The van der Waals surface area contributed by atoms with Crippen LogP contribution in [0.2, 0.25) is 0 Å². The predicted molar refractivity (Wildman–Crippen MR) is 125 cm³/mol. The Kier molecular flexibility index (Phi) is 6.50. The molecule has 0 saturated carbocycles. The third kappa shape index (κ3) is 4.50. The number of esters is 1. The van der Waals surface area contributed by atoms with Gasteiger partial charge in [-0.3, -0.25) is 0 Å². The Bertz CT molecular complexity index is 1150. The van der Waals surface area contributed by atoms with Crippen molar-refractivity contribution < 1.29 is 14.3 Å². The minimum Gasteiger partial charge on any atom is -0.497 e. The predicted octanol–water partition coefficient (Wildman–Crippen LogP) is 4.74. The van der Waals surface area contributed by atoms with Gasteiger partial charge in [0.15, 0.2) is 0 Å². The number of ether oxygens (including phenoxy) is 2. The number of nitrogens with one attached hydrogen (secondary N) is 1. The number of allylic oxidation sites excluding steroid dienone is 1. The van der Waals surface area contributed by atoms with E-state index in [2.05, 4.69) is 41.5 Å². The van der Waals surface area contributed by atoms with Gasteiger partial charge in [0.1, 0.15) is 11.8 Å². The normalized spacial score (nSPS) is 15.2. The van der Waals surface area contributed by atoms with Crippen LogP contribution in [-0.2, 0) is 15.3 Å². The van der Waals surface area contributed by atoms with Gasteiger partial charge in [0.25, 0.3) is 0 Å². The van der Waals surface area contributed by atoms with Gasteiger partial charge in [0.05, 0.1) is 19.3 Å². The molecule has 7 nitrogen and oxygen atoms in total. The number of aromatic nitrogens is 3. The summed E-state index contributed by atoms with van der Waals surface area (Å²) in [5.41, 5.74) is 4.56. The lowest BCUT2D eigenvalue weighted by Crippen LogP contribution is -2.29. The summed E-state index contributed by atoms with van der Waals surface area (Å²) in [6.45, 7) is 6.04. The van der Waals surface area contributed by atoms with Crippen LogP contribution < -0.4 is 10.1 Å². The Morgan fingerprint density at radius 1 is 1.19 bits per heavy atom. The molecule has 1 aliphatic heterocycles. The highest BCUT2D eigenvalue weighted by Gasteiger charge is 2.35. The summed E-state index contributed by atoms with van der Waals surface area (Å²) in [5.74, 6) is 1.74. The van der Waals surface area contributed by atoms with Crippen LogP contribution in [-0.4, -0.2) is 34.5 Å². The van der Waals surface area contributed by atoms with Crippen molar-refractivity contribution in [2.24, 2.45) is 0 Å². The number of aryl methyl sites for hydroxylation is 1. The van der Waals surface area contributed by atoms with Gasteiger partial charge in [-0.1, -0.05) is 53.7 Å². The molecule has 4 rings (SSSR count). The zero-order chi connectivity index (χ0) is 22.7. The average molecular weight is 451 g/mol. The molecule has 0 bridgehead atoms. The van der Waals surface area contributed by atoms with Crippen molar-refractivity contribution in [3.63, 3.8) is 0 Å². The Morgan fingerprint density at radius 3 is 2.66 bits per heavy atom. The third-order valence-corrected chi connectivity index (χ3v) is 6.12. The second-order valence-corrected chi connectivity index (χ2v) is 8.44. The maximum atomic E-state index is 12.9. The molecule has 1 N–H and O–H groups in total. The van der Waals surface area contributed by atoms with Crippen LogP contribution in [0, 0.1) is 6.92 Å². The summed E-state index contributed by atoms with van der Waals surface area (Å²) in [6, 6.07) is 15.6. The number of rotatable bonds is 7. The van der Waals surface area contributed by atoms with Crippen LogP contribution in [0.15, 0.2) is 65.0 Å². The second-order valence-electron chi connectivity index (χ2n) is 7.50. The molecule has 0 spiro atoms. The van der Waals surface area contributed by atoms with Gasteiger partial charge in [-0.15, -0.1) is 5.10 Å². The molecular weight excluding hydrogens is 424 g/mol. The summed E-state index contributed by atoms with van der Waals surface area (Å²) in [4.78, 5) is 17.5.